The normalized spacial score (nSPS) is 10.5. The molecule has 3 rings (SSSR count). The van der Waals surface area contributed by atoms with Crippen LogP contribution in [-0.4, -0.2) is 49.5 Å². The molecule has 0 unspecified atom stereocenters. The van der Waals surface area contributed by atoms with Crippen LogP contribution in [0.3, 0.4) is 0 Å². The number of ketones is 1. The number of nitrogens with zero attached hydrogens (tertiary/aromatic N) is 1. The van der Waals surface area contributed by atoms with Crippen LogP contribution in [0, 0.1) is 0 Å². The number of carbonyl (C=O) groups is 2. The zero-order chi connectivity index (χ0) is 24.2. The summed E-state index contributed by atoms with van der Waals surface area (Å²) in [5.41, 5.74) is 2.53. The lowest BCUT2D eigenvalue weighted by Crippen LogP contribution is -2.32. The number of carbonyl (C=O) groups excluding carboxylic acids is 2. The molecule has 6 heteroatoms. The summed E-state index contributed by atoms with van der Waals surface area (Å²) in [5, 5.41) is 1.89. The number of hydrogen-bond donors (Lipinski definition) is 0. The Balaban J connectivity index is 0.00000187. The zero-order valence-electron chi connectivity index (χ0n) is 20.0. The van der Waals surface area contributed by atoms with Crippen molar-refractivity contribution in [2.24, 2.45) is 0 Å². The van der Waals surface area contributed by atoms with Gasteiger partial charge in [0.05, 0.1) is 23.1 Å². The van der Waals surface area contributed by atoms with Gasteiger partial charge in [-0.25, -0.2) is 0 Å². The molecule has 3 aromatic rings. The molecule has 0 radical (unpaired) electrons. The van der Waals surface area contributed by atoms with Gasteiger partial charge in [0.2, 0.25) is 5.78 Å². The molecule has 2 aromatic carbocycles. The highest BCUT2D eigenvalue weighted by Gasteiger charge is 2.18. The molecular formula is C27H33NO4S. The number of likely N-dealkylation sites (N-methyl/N-ethyl adjacent to an activating group) is 1. The van der Waals surface area contributed by atoms with Crippen LogP contribution in [0.1, 0.15) is 42.9 Å². The van der Waals surface area contributed by atoms with Gasteiger partial charge in [-0.05, 0) is 55.6 Å². The number of esters is 1. The average molecular weight is 468 g/mol. The Bertz CT molecular complexity index is 1000. The first kappa shape index (κ1) is 26.3. The van der Waals surface area contributed by atoms with Gasteiger partial charge in [0.15, 0.2) is 0 Å². The number of ether oxygens (including phenoxy) is 2. The summed E-state index contributed by atoms with van der Waals surface area (Å²) in [7, 11) is 1.83. The van der Waals surface area contributed by atoms with Crippen LogP contribution < -0.4 is 4.74 Å². The Hall–Kier alpha value is -2.96. The molecule has 0 fully saturated rings. The van der Waals surface area contributed by atoms with Crippen molar-refractivity contribution in [3.05, 3.63) is 76.5 Å². The molecule has 0 aliphatic carbocycles. The largest absolute Gasteiger partial charge is 0.491 e. The van der Waals surface area contributed by atoms with E-state index in [0.717, 1.165) is 11.1 Å². The van der Waals surface area contributed by atoms with Crippen molar-refractivity contribution >= 4 is 23.1 Å². The van der Waals surface area contributed by atoms with Crippen molar-refractivity contribution in [1.29, 1.82) is 0 Å². The molecule has 0 saturated heterocycles. The standard InChI is InChI=1S/C25H27NO4S.C2H6/c1-18(2)30-24(27)17-26(3)13-14-29-22-12-11-20(19-8-5-4-6-9-19)16-21(22)25(28)23-10-7-15-31-23;1-2/h4-12,15-16,18H,13-14,17H2,1-3H3;1-2H3. The van der Waals surface area contributed by atoms with Crippen LogP contribution in [0.2, 0.25) is 0 Å². The van der Waals surface area contributed by atoms with E-state index in [-0.39, 0.29) is 24.4 Å². The maximum absolute atomic E-state index is 13.1. The Kier molecular flexibility index (Phi) is 10.8. The van der Waals surface area contributed by atoms with Crippen LogP contribution in [0.4, 0.5) is 0 Å². The SMILES string of the molecule is CC.CC(C)OC(=O)CN(C)CCOc1ccc(-c2ccccc2)cc1C(=O)c1cccs1. The van der Waals surface area contributed by atoms with Gasteiger partial charge in [0.1, 0.15) is 12.4 Å². The molecule has 0 atom stereocenters. The lowest BCUT2D eigenvalue weighted by molar-refractivity contribution is -0.148. The summed E-state index contributed by atoms with van der Waals surface area (Å²) < 4.78 is 11.1. The first-order valence-electron chi connectivity index (χ1n) is 11.2. The first-order valence-corrected chi connectivity index (χ1v) is 12.1. The number of rotatable bonds is 10. The van der Waals surface area contributed by atoms with Crippen LogP contribution in [0.5, 0.6) is 5.75 Å². The number of hydrogen-bond acceptors (Lipinski definition) is 6. The summed E-state index contributed by atoms with van der Waals surface area (Å²) in [6, 6.07) is 19.3. The van der Waals surface area contributed by atoms with Crippen molar-refractivity contribution in [2.75, 3.05) is 26.7 Å². The second-order valence-corrected chi connectivity index (χ2v) is 8.46. The third kappa shape index (κ3) is 8.15. The fraction of sp³-hybridized carbons (Fsp3) is 0.333. The van der Waals surface area contributed by atoms with Crippen LogP contribution in [0.15, 0.2) is 66.0 Å². The summed E-state index contributed by atoms with van der Waals surface area (Å²) in [5.74, 6) is 0.214. The molecule has 0 spiro atoms. The predicted molar refractivity (Wildman–Crippen MR) is 135 cm³/mol. The van der Waals surface area contributed by atoms with E-state index in [1.165, 1.54) is 11.3 Å². The quantitative estimate of drug-likeness (QED) is 0.273. The first-order chi connectivity index (χ1) is 15.9. The Morgan fingerprint density at radius 3 is 2.33 bits per heavy atom. The van der Waals surface area contributed by atoms with E-state index in [2.05, 4.69) is 0 Å². The highest BCUT2D eigenvalue weighted by molar-refractivity contribution is 7.12. The molecule has 33 heavy (non-hydrogen) atoms. The molecular weight excluding hydrogens is 434 g/mol. The van der Waals surface area contributed by atoms with Gasteiger partial charge in [0, 0.05) is 6.54 Å². The summed E-state index contributed by atoms with van der Waals surface area (Å²) in [4.78, 5) is 27.4. The van der Waals surface area contributed by atoms with Crippen molar-refractivity contribution in [3.63, 3.8) is 0 Å². The van der Waals surface area contributed by atoms with Gasteiger partial charge in [0.25, 0.3) is 0 Å². The molecule has 1 heterocycles. The predicted octanol–water partition coefficient (Wildman–Crippen LogP) is 5.93. The van der Waals surface area contributed by atoms with Crippen molar-refractivity contribution in [3.8, 4) is 16.9 Å². The highest BCUT2D eigenvalue weighted by atomic mass is 32.1. The van der Waals surface area contributed by atoms with E-state index in [1.54, 1.807) is 0 Å². The molecule has 0 amide bonds. The third-order valence-electron chi connectivity index (χ3n) is 4.57. The highest BCUT2D eigenvalue weighted by Crippen LogP contribution is 2.29. The molecule has 176 valence electrons. The molecule has 1 aromatic heterocycles. The lowest BCUT2D eigenvalue weighted by atomic mass is 10.00. The maximum Gasteiger partial charge on any atom is 0.320 e. The maximum atomic E-state index is 13.1. The number of thiophene rings is 1. The van der Waals surface area contributed by atoms with Gasteiger partial charge < -0.3 is 9.47 Å². The smallest absolute Gasteiger partial charge is 0.320 e. The van der Waals surface area contributed by atoms with Crippen LogP contribution in [-0.2, 0) is 9.53 Å². The minimum atomic E-state index is -0.265. The third-order valence-corrected chi connectivity index (χ3v) is 5.44. The van der Waals surface area contributed by atoms with Gasteiger partial charge >= 0.3 is 5.97 Å². The minimum Gasteiger partial charge on any atom is -0.491 e. The second kappa shape index (κ2) is 13.6. The molecule has 5 nitrogen and oxygen atoms in total. The molecule has 0 aliphatic heterocycles. The van der Waals surface area contributed by atoms with Crippen LogP contribution >= 0.6 is 11.3 Å². The van der Waals surface area contributed by atoms with E-state index < -0.39 is 0 Å². The topological polar surface area (TPSA) is 55.8 Å². The Labute approximate surface area is 201 Å². The van der Waals surface area contributed by atoms with Gasteiger partial charge in [-0.1, -0.05) is 56.3 Å². The van der Waals surface area contributed by atoms with E-state index in [1.807, 2.05) is 106 Å². The van der Waals surface area contributed by atoms with E-state index in [9.17, 15) is 9.59 Å². The van der Waals surface area contributed by atoms with Gasteiger partial charge in [-0.15, -0.1) is 11.3 Å². The molecule has 0 saturated carbocycles. The van der Waals surface area contributed by atoms with Crippen molar-refractivity contribution in [1.82, 2.24) is 4.90 Å². The molecule has 0 aliphatic rings. The average Bonchev–Trinajstić information content (AvgIpc) is 3.35. The van der Waals surface area contributed by atoms with Crippen LogP contribution in [0.25, 0.3) is 11.1 Å². The summed E-state index contributed by atoms with van der Waals surface area (Å²) >= 11 is 1.41. The van der Waals surface area contributed by atoms with Gasteiger partial charge in [-0.2, -0.15) is 0 Å². The molecule has 0 bridgehead atoms. The zero-order valence-corrected chi connectivity index (χ0v) is 20.9. The number of benzene rings is 2. The van der Waals surface area contributed by atoms with E-state index in [0.29, 0.717) is 29.3 Å². The lowest BCUT2D eigenvalue weighted by Gasteiger charge is -2.18. The fourth-order valence-corrected chi connectivity index (χ4v) is 3.77. The summed E-state index contributed by atoms with van der Waals surface area (Å²) in [6.07, 6.45) is -0.133. The Morgan fingerprint density at radius 1 is 0.970 bits per heavy atom. The van der Waals surface area contributed by atoms with Gasteiger partial charge in [-0.3, -0.25) is 14.5 Å². The van der Waals surface area contributed by atoms with E-state index >= 15 is 0 Å². The second-order valence-electron chi connectivity index (χ2n) is 7.51. The minimum absolute atomic E-state index is 0.0587. The van der Waals surface area contributed by atoms with Crippen molar-refractivity contribution in [2.45, 2.75) is 33.8 Å². The monoisotopic (exact) mass is 467 g/mol. The summed E-state index contributed by atoms with van der Waals surface area (Å²) in [6.45, 7) is 8.72. The van der Waals surface area contributed by atoms with Crippen molar-refractivity contribution < 1.29 is 19.1 Å². The fourth-order valence-electron chi connectivity index (χ4n) is 3.09. The van der Waals surface area contributed by atoms with E-state index in [4.69, 9.17) is 9.47 Å². The molecule has 0 N–H and O–H groups in total. The Morgan fingerprint density at radius 2 is 1.70 bits per heavy atom.